The van der Waals surface area contributed by atoms with Gasteiger partial charge in [0.1, 0.15) is 0 Å². The van der Waals surface area contributed by atoms with E-state index in [0.29, 0.717) is 0 Å². The van der Waals surface area contributed by atoms with Crippen molar-refractivity contribution in [3.63, 3.8) is 0 Å². The van der Waals surface area contributed by atoms with E-state index in [1.54, 1.807) is 0 Å². The first-order chi connectivity index (χ1) is 5.70. The van der Waals surface area contributed by atoms with E-state index in [2.05, 4.69) is 32.0 Å². The molecule has 0 aliphatic rings. The Labute approximate surface area is 75.9 Å². The quantitative estimate of drug-likeness (QED) is 0.572. The van der Waals surface area contributed by atoms with Crippen molar-refractivity contribution in [2.75, 3.05) is 6.54 Å². The number of hydrogen-bond donors (Lipinski definition) is 1. The second kappa shape index (κ2) is 6.71. The zero-order chi connectivity index (χ0) is 9.40. The first-order valence-electron chi connectivity index (χ1n) is 4.39. The first-order valence-corrected chi connectivity index (χ1v) is 4.39. The fraction of sp³-hybridized carbons (Fsp3) is 0.455. The van der Waals surface area contributed by atoms with E-state index in [-0.39, 0.29) is 0 Å². The zero-order valence-corrected chi connectivity index (χ0v) is 8.03. The summed E-state index contributed by atoms with van der Waals surface area (Å²) in [7, 11) is 0. The Morgan fingerprint density at radius 2 is 2.08 bits per heavy atom. The first kappa shape index (κ1) is 11.0. The van der Waals surface area contributed by atoms with Crippen LogP contribution in [0, 0.1) is 0 Å². The summed E-state index contributed by atoms with van der Waals surface area (Å²) in [4.78, 5) is 0. The van der Waals surface area contributed by atoms with Gasteiger partial charge in [-0.15, -0.1) is 6.58 Å². The normalized spacial score (nSPS) is 9.08. The van der Waals surface area contributed by atoms with Crippen LogP contribution >= 0.6 is 0 Å². The Kier molecular flexibility index (Phi) is 6.16. The van der Waals surface area contributed by atoms with Crippen LogP contribution in [0.1, 0.15) is 26.2 Å². The predicted octanol–water partition coefficient (Wildman–Crippen LogP) is 3.02. The molecule has 12 heavy (non-hydrogen) atoms. The molecule has 0 heterocycles. The summed E-state index contributed by atoms with van der Waals surface area (Å²) < 4.78 is 0. The molecule has 0 aromatic heterocycles. The Morgan fingerprint density at radius 1 is 1.42 bits per heavy atom. The van der Waals surface area contributed by atoms with E-state index in [4.69, 9.17) is 0 Å². The number of rotatable bonds is 7. The SMILES string of the molecule is C=CCCC(=C)NCC(=C)CC. The Morgan fingerprint density at radius 3 is 2.58 bits per heavy atom. The van der Waals surface area contributed by atoms with Crippen molar-refractivity contribution in [1.29, 1.82) is 0 Å². The monoisotopic (exact) mass is 165 g/mol. The molecule has 0 bridgehead atoms. The molecular weight excluding hydrogens is 146 g/mol. The summed E-state index contributed by atoms with van der Waals surface area (Å²) in [5, 5.41) is 3.23. The van der Waals surface area contributed by atoms with Gasteiger partial charge in [0.15, 0.2) is 0 Å². The zero-order valence-electron chi connectivity index (χ0n) is 8.03. The summed E-state index contributed by atoms with van der Waals surface area (Å²) in [6.45, 7) is 14.4. The van der Waals surface area contributed by atoms with Crippen LogP contribution in [0.5, 0.6) is 0 Å². The smallest absolute Gasteiger partial charge is 0.0354 e. The minimum Gasteiger partial charge on any atom is -0.385 e. The highest BCUT2D eigenvalue weighted by Gasteiger charge is 1.92. The summed E-state index contributed by atoms with van der Waals surface area (Å²) in [6, 6.07) is 0. The van der Waals surface area contributed by atoms with Crippen molar-refractivity contribution in [1.82, 2.24) is 5.32 Å². The van der Waals surface area contributed by atoms with Gasteiger partial charge in [-0.25, -0.2) is 0 Å². The second-order valence-electron chi connectivity index (χ2n) is 2.89. The van der Waals surface area contributed by atoms with Gasteiger partial charge in [0, 0.05) is 12.2 Å². The van der Waals surface area contributed by atoms with E-state index in [1.165, 1.54) is 5.57 Å². The molecule has 0 saturated carbocycles. The lowest BCUT2D eigenvalue weighted by Gasteiger charge is -2.08. The minimum absolute atomic E-state index is 0.854. The van der Waals surface area contributed by atoms with Gasteiger partial charge in [0.25, 0.3) is 0 Å². The maximum Gasteiger partial charge on any atom is 0.0354 e. The van der Waals surface area contributed by atoms with Gasteiger partial charge in [-0.2, -0.15) is 0 Å². The Balaban J connectivity index is 3.43. The van der Waals surface area contributed by atoms with E-state index < -0.39 is 0 Å². The molecule has 0 fully saturated rings. The highest BCUT2D eigenvalue weighted by Crippen LogP contribution is 2.00. The third kappa shape index (κ3) is 5.78. The lowest BCUT2D eigenvalue weighted by atomic mass is 10.2. The summed E-state index contributed by atoms with van der Waals surface area (Å²) in [5.74, 6) is 0. The highest BCUT2D eigenvalue weighted by atomic mass is 14.9. The average molecular weight is 165 g/mol. The van der Waals surface area contributed by atoms with Crippen LogP contribution < -0.4 is 5.32 Å². The van der Waals surface area contributed by atoms with Gasteiger partial charge >= 0.3 is 0 Å². The van der Waals surface area contributed by atoms with Crippen LogP contribution in [-0.4, -0.2) is 6.54 Å². The van der Waals surface area contributed by atoms with Gasteiger partial charge in [-0.3, -0.25) is 0 Å². The molecule has 0 amide bonds. The molecular formula is C11H19N. The van der Waals surface area contributed by atoms with Crippen molar-refractivity contribution < 1.29 is 0 Å². The molecule has 0 unspecified atom stereocenters. The molecule has 0 saturated heterocycles. The largest absolute Gasteiger partial charge is 0.385 e. The van der Waals surface area contributed by atoms with Crippen molar-refractivity contribution in [3.8, 4) is 0 Å². The molecule has 0 rings (SSSR count). The molecule has 0 aromatic carbocycles. The van der Waals surface area contributed by atoms with Gasteiger partial charge in [-0.1, -0.05) is 31.7 Å². The molecule has 0 aliphatic carbocycles. The fourth-order valence-electron chi connectivity index (χ4n) is 0.740. The van der Waals surface area contributed by atoms with Crippen LogP contribution in [0.2, 0.25) is 0 Å². The summed E-state index contributed by atoms with van der Waals surface area (Å²) >= 11 is 0. The number of nitrogens with one attached hydrogen (secondary N) is 1. The van der Waals surface area contributed by atoms with Crippen molar-refractivity contribution >= 4 is 0 Å². The molecule has 1 heteroatoms. The predicted molar refractivity (Wildman–Crippen MR) is 56.0 cm³/mol. The maximum atomic E-state index is 3.90. The maximum absolute atomic E-state index is 3.90. The molecule has 1 N–H and O–H groups in total. The molecule has 0 aromatic rings. The topological polar surface area (TPSA) is 12.0 Å². The van der Waals surface area contributed by atoms with E-state index >= 15 is 0 Å². The third-order valence-corrected chi connectivity index (χ3v) is 1.74. The van der Waals surface area contributed by atoms with Crippen LogP contribution in [0.4, 0.5) is 0 Å². The van der Waals surface area contributed by atoms with Gasteiger partial charge in [0.05, 0.1) is 0 Å². The number of hydrogen-bond acceptors (Lipinski definition) is 1. The Hall–Kier alpha value is -0.980. The van der Waals surface area contributed by atoms with Crippen molar-refractivity contribution in [3.05, 3.63) is 37.1 Å². The van der Waals surface area contributed by atoms with E-state index in [1.807, 2.05) is 6.08 Å². The highest BCUT2D eigenvalue weighted by molar-refractivity contribution is 5.01. The molecule has 0 spiro atoms. The van der Waals surface area contributed by atoms with Crippen LogP contribution in [0.3, 0.4) is 0 Å². The van der Waals surface area contributed by atoms with Crippen LogP contribution in [0.25, 0.3) is 0 Å². The summed E-state index contributed by atoms with van der Waals surface area (Å²) in [6.07, 6.45) is 4.90. The molecule has 0 atom stereocenters. The second-order valence-corrected chi connectivity index (χ2v) is 2.89. The van der Waals surface area contributed by atoms with Gasteiger partial charge in [0.2, 0.25) is 0 Å². The van der Waals surface area contributed by atoms with Crippen LogP contribution in [-0.2, 0) is 0 Å². The standard InChI is InChI=1S/C11H19N/c1-5-7-8-11(4)12-9-10(3)6-2/h5,12H,1,3-4,6-9H2,2H3. The fourth-order valence-corrected chi connectivity index (χ4v) is 0.740. The average Bonchev–Trinajstić information content (AvgIpc) is 2.10. The van der Waals surface area contributed by atoms with Gasteiger partial charge < -0.3 is 5.32 Å². The minimum atomic E-state index is 0.854. The number of allylic oxidation sites excluding steroid dienone is 2. The lowest BCUT2D eigenvalue weighted by Crippen LogP contribution is -2.14. The van der Waals surface area contributed by atoms with E-state index in [0.717, 1.165) is 31.5 Å². The van der Waals surface area contributed by atoms with E-state index in [9.17, 15) is 0 Å². The molecule has 1 nitrogen and oxygen atoms in total. The molecule has 0 aliphatic heterocycles. The van der Waals surface area contributed by atoms with Crippen LogP contribution in [0.15, 0.2) is 37.1 Å². The summed E-state index contributed by atoms with van der Waals surface area (Å²) in [5.41, 5.74) is 2.29. The molecule has 68 valence electrons. The Bertz CT molecular complexity index is 168. The lowest BCUT2D eigenvalue weighted by molar-refractivity contribution is 0.784. The van der Waals surface area contributed by atoms with Gasteiger partial charge in [-0.05, 0) is 19.3 Å². The molecule has 0 radical (unpaired) electrons. The van der Waals surface area contributed by atoms with Crippen molar-refractivity contribution in [2.24, 2.45) is 0 Å². The van der Waals surface area contributed by atoms with Crippen molar-refractivity contribution in [2.45, 2.75) is 26.2 Å². The third-order valence-electron chi connectivity index (χ3n) is 1.74.